The second-order valence-corrected chi connectivity index (χ2v) is 5.29. The van der Waals surface area contributed by atoms with Crippen molar-refractivity contribution in [3.8, 4) is 0 Å². The molecule has 0 bridgehead atoms. The molecule has 1 amide bonds. The number of methoxy groups -OCH3 is 1. The van der Waals surface area contributed by atoms with Gasteiger partial charge in [-0.05, 0) is 12.0 Å². The number of nitrogens with one attached hydrogen (secondary N) is 1. The summed E-state index contributed by atoms with van der Waals surface area (Å²) in [5.74, 6) is 1.15. The summed E-state index contributed by atoms with van der Waals surface area (Å²) in [5, 5.41) is 12.1. The van der Waals surface area contributed by atoms with Crippen LogP contribution in [0.5, 0.6) is 0 Å². The fourth-order valence-corrected chi connectivity index (χ4v) is 2.33. The summed E-state index contributed by atoms with van der Waals surface area (Å²) in [6.07, 6.45) is 0.645. The van der Waals surface area contributed by atoms with E-state index in [4.69, 9.17) is 4.74 Å². The summed E-state index contributed by atoms with van der Waals surface area (Å²) in [5.41, 5.74) is 1.11. The number of hydrogen-bond acceptors (Lipinski definition) is 4. The Morgan fingerprint density at radius 3 is 2.79 bits per heavy atom. The van der Waals surface area contributed by atoms with Crippen molar-refractivity contribution < 1.29 is 14.6 Å². The first-order valence-corrected chi connectivity index (χ1v) is 7.42. The maximum Gasteiger partial charge on any atom is 0.230 e. The first-order chi connectivity index (χ1) is 9.26. The second-order valence-electron chi connectivity index (χ2n) is 4.18. The molecule has 4 nitrogen and oxygen atoms in total. The lowest BCUT2D eigenvalue weighted by atomic mass is 10.1. The van der Waals surface area contributed by atoms with Crippen LogP contribution >= 0.6 is 11.8 Å². The Labute approximate surface area is 118 Å². The topological polar surface area (TPSA) is 58.6 Å². The predicted molar refractivity (Wildman–Crippen MR) is 78.4 cm³/mol. The summed E-state index contributed by atoms with van der Waals surface area (Å²) in [6, 6.07) is 9.60. The molecule has 19 heavy (non-hydrogen) atoms. The average molecular weight is 283 g/mol. The van der Waals surface area contributed by atoms with Crippen molar-refractivity contribution in [3.63, 3.8) is 0 Å². The number of ether oxygens (including phenoxy) is 1. The highest BCUT2D eigenvalue weighted by Gasteiger charge is 2.11. The molecule has 0 aliphatic heterocycles. The number of thioether (sulfide) groups is 1. The molecule has 1 rings (SSSR count). The Kier molecular flexibility index (Phi) is 8.29. The summed E-state index contributed by atoms with van der Waals surface area (Å²) in [4.78, 5) is 11.7. The highest BCUT2D eigenvalue weighted by atomic mass is 32.2. The highest BCUT2D eigenvalue weighted by molar-refractivity contribution is 7.99. The van der Waals surface area contributed by atoms with E-state index in [1.165, 1.54) is 11.8 Å². The molecule has 5 heteroatoms. The van der Waals surface area contributed by atoms with Gasteiger partial charge in [-0.2, -0.15) is 0 Å². The third-order valence-corrected chi connectivity index (χ3v) is 3.50. The van der Waals surface area contributed by atoms with Crippen LogP contribution in [0.1, 0.15) is 5.56 Å². The largest absolute Gasteiger partial charge is 0.394 e. The van der Waals surface area contributed by atoms with E-state index in [-0.39, 0.29) is 18.6 Å². The number of amides is 1. The van der Waals surface area contributed by atoms with Crippen molar-refractivity contribution in [1.29, 1.82) is 0 Å². The zero-order valence-corrected chi connectivity index (χ0v) is 12.0. The maximum atomic E-state index is 11.7. The molecule has 0 fully saturated rings. The van der Waals surface area contributed by atoms with E-state index in [1.54, 1.807) is 7.11 Å². The van der Waals surface area contributed by atoms with Gasteiger partial charge >= 0.3 is 0 Å². The fourth-order valence-electron chi connectivity index (χ4n) is 1.64. The molecule has 0 aliphatic carbocycles. The molecule has 0 spiro atoms. The summed E-state index contributed by atoms with van der Waals surface area (Å²) in [7, 11) is 1.64. The van der Waals surface area contributed by atoms with Gasteiger partial charge in [0.15, 0.2) is 0 Å². The highest BCUT2D eigenvalue weighted by Crippen LogP contribution is 2.04. The van der Waals surface area contributed by atoms with E-state index in [1.807, 2.05) is 30.3 Å². The van der Waals surface area contributed by atoms with Gasteiger partial charge in [0, 0.05) is 12.9 Å². The molecule has 1 atom stereocenters. The van der Waals surface area contributed by atoms with Crippen LogP contribution in [0.3, 0.4) is 0 Å². The van der Waals surface area contributed by atoms with Crippen molar-refractivity contribution >= 4 is 17.7 Å². The van der Waals surface area contributed by atoms with Gasteiger partial charge in [-0.25, -0.2) is 0 Å². The Hall–Kier alpha value is -1.04. The zero-order valence-electron chi connectivity index (χ0n) is 11.2. The van der Waals surface area contributed by atoms with E-state index in [0.29, 0.717) is 18.8 Å². The van der Waals surface area contributed by atoms with Gasteiger partial charge in [0.2, 0.25) is 5.91 Å². The SMILES string of the molecule is COCCSCC(=O)NC(CO)Cc1ccccc1. The maximum absolute atomic E-state index is 11.7. The third kappa shape index (κ3) is 7.20. The first-order valence-electron chi connectivity index (χ1n) is 6.27. The molecule has 1 aromatic rings. The Morgan fingerprint density at radius 1 is 1.42 bits per heavy atom. The summed E-state index contributed by atoms with van der Waals surface area (Å²) < 4.78 is 4.91. The summed E-state index contributed by atoms with van der Waals surface area (Å²) >= 11 is 1.53. The standard InChI is InChI=1S/C14H21NO3S/c1-18-7-8-19-11-14(17)15-13(10-16)9-12-5-3-2-4-6-12/h2-6,13,16H,7-11H2,1H3,(H,15,17). The molecular weight excluding hydrogens is 262 g/mol. The van der Waals surface area contributed by atoms with Crippen LogP contribution in [0.15, 0.2) is 30.3 Å². The van der Waals surface area contributed by atoms with Crippen molar-refractivity contribution in [2.45, 2.75) is 12.5 Å². The minimum Gasteiger partial charge on any atom is -0.394 e. The van der Waals surface area contributed by atoms with E-state index in [0.717, 1.165) is 11.3 Å². The normalized spacial score (nSPS) is 12.1. The van der Waals surface area contributed by atoms with Crippen molar-refractivity contribution in [3.05, 3.63) is 35.9 Å². The van der Waals surface area contributed by atoms with E-state index < -0.39 is 0 Å². The number of aliphatic hydroxyl groups excluding tert-OH is 1. The molecule has 0 radical (unpaired) electrons. The van der Waals surface area contributed by atoms with Gasteiger partial charge in [0.25, 0.3) is 0 Å². The van der Waals surface area contributed by atoms with Crippen LogP contribution in [-0.2, 0) is 16.0 Å². The minimum atomic E-state index is -0.224. The van der Waals surface area contributed by atoms with Gasteiger partial charge in [-0.1, -0.05) is 30.3 Å². The molecule has 2 N–H and O–H groups in total. The molecule has 0 heterocycles. The van der Waals surface area contributed by atoms with Gasteiger partial charge in [0.05, 0.1) is 25.0 Å². The van der Waals surface area contributed by atoms with Crippen LogP contribution in [-0.4, -0.2) is 48.9 Å². The molecule has 1 aromatic carbocycles. The lowest BCUT2D eigenvalue weighted by Gasteiger charge is -2.16. The van der Waals surface area contributed by atoms with Crippen LogP contribution in [0.25, 0.3) is 0 Å². The number of benzene rings is 1. The predicted octanol–water partition coefficient (Wildman–Crippen LogP) is 1.09. The molecule has 0 aromatic heterocycles. The Bertz CT molecular complexity index is 359. The lowest BCUT2D eigenvalue weighted by molar-refractivity contribution is -0.119. The van der Waals surface area contributed by atoms with Crippen molar-refractivity contribution in [1.82, 2.24) is 5.32 Å². The van der Waals surface area contributed by atoms with Crippen molar-refractivity contribution in [2.75, 3.05) is 31.8 Å². The molecule has 1 unspecified atom stereocenters. The summed E-state index contributed by atoms with van der Waals surface area (Å²) in [6.45, 7) is 0.592. The second kappa shape index (κ2) is 9.83. The van der Waals surface area contributed by atoms with Gasteiger partial charge < -0.3 is 15.2 Å². The molecule has 0 saturated heterocycles. The zero-order chi connectivity index (χ0) is 13.9. The lowest BCUT2D eigenvalue weighted by Crippen LogP contribution is -2.40. The molecule has 0 saturated carbocycles. The van der Waals surface area contributed by atoms with E-state index in [9.17, 15) is 9.90 Å². The van der Waals surface area contributed by atoms with Crippen LogP contribution in [0, 0.1) is 0 Å². The van der Waals surface area contributed by atoms with E-state index >= 15 is 0 Å². The number of carbonyl (C=O) groups excluding carboxylic acids is 1. The minimum absolute atomic E-state index is 0.0453. The number of hydrogen-bond donors (Lipinski definition) is 2. The Morgan fingerprint density at radius 2 is 2.16 bits per heavy atom. The van der Waals surface area contributed by atoms with Crippen molar-refractivity contribution in [2.24, 2.45) is 0 Å². The third-order valence-electron chi connectivity index (χ3n) is 2.58. The quantitative estimate of drug-likeness (QED) is 0.666. The first kappa shape index (κ1) is 16.0. The smallest absolute Gasteiger partial charge is 0.230 e. The molecule has 0 aliphatic rings. The van der Waals surface area contributed by atoms with Crippen LogP contribution < -0.4 is 5.32 Å². The van der Waals surface area contributed by atoms with Crippen LogP contribution in [0.4, 0.5) is 0 Å². The monoisotopic (exact) mass is 283 g/mol. The molecular formula is C14H21NO3S. The van der Waals surface area contributed by atoms with Gasteiger partial charge in [-0.3, -0.25) is 4.79 Å². The van der Waals surface area contributed by atoms with E-state index in [2.05, 4.69) is 5.32 Å². The number of carbonyl (C=O) groups is 1. The van der Waals surface area contributed by atoms with Gasteiger partial charge in [0.1, 0.15) is 0 Å². The number of aliphatic hydroxyl groups is 1. The van der Waals surface area contributed by atoms with Crippen LogP contribution in [0.2, 0.25) is 0 Å². The average Bonchev–Trinajstić information content (AvgIpc) is 2.44. The fraction of sp³-hybridized carbons (Fsp3) is 0.500. The Balaban J connectivity index is 2.29. The number of rotatable bonds is 9. The molecule has 106 valence electrons. The van der Waals surface area contributed by atoms with Gasteiger partial charge in [-0.15, -0.1) is 11.8 Å².